The second-order valence-electron chi connectivity index (χ2n) is 6.40. The van der Waals surface area contributed by atoms with Crippen molar-refractivity contribution in [2.75, 3.05) is 26.8 Å². The molecule has 1 fully saturated rings. The molecule has 1 aliphatic rings. The monoisotopic (exact) mass is 271 g/mol. The van der Waals surface area contributed by atoms with E-state index in [2.05, 4.69) is 25.9 Å². The van der Waals surface area contributed by atoms with Gasteiger partial charge in [0.15, 0.2) is 5.84 Å². The van der Waals surface area contributed by atoms with E-state index in [0.717, 1.165) is 0 Å². The van der Waals surface area contributed by atoms with Crippen LogP contribution in [-0.4, -0.2) is 48.7 Å². The molecule has 0 atom stereocenters. The molecule has 1 aliphatic heterocycles. The number of amidine groups is 1. The van der Waals surface area contributed by atoms with E-state index in [9.17, 15) is 4.79 Å². The molecule has 3 N–H and O–H groups in total. The van der Waals surface area contributed by atoms with Crippen molar-refractivity contribution in [3.8, 4) is 0 Å². The van der Waals surface area contributed by atoms with Gasteiger partial charge in [0.2, 0.25) is 5.91 Å². The second kappa shape index (κ2) is 5.77. The number of nitrogens with zero attached hydrogens (tertiary/aromatic N) is 2. The number of hydrogen-bond donors (Lipinski definition) is 2. The standard InChI is InChI=1S/C13H25N3O3/c1-12(2,3)9-16(4)11(17)13(10(14)15-18)5-7-19-8-6-13/h18H,5-9H2,1-4H3,(H2,14,15). The Kier molecular flexibility index (Phi) is 4.79. The average molecular weight is 271 g/mol. The number of carbonyl (C=O) groups excluding carboxylic acids is 1. The Morgan fingerprint density at radius 2 is 1.95 bits per heavy atom. The zero-order chi connectivity index (χ0) is 14.7. The van der Waals surface area contributed by atoms with E-state index in [-0.39, 0.29) is 17.2 Å². The predicted octanol–water partition coefficient (Wildman–Crippen LogP) is 1.03. The van der Waals surface area contributed by atoms with Crippen molar-refractivity contribution in [2.45, 2.75) is 33.6 Å². The topological polar surface area (TPSA) is 88.2 Å². The van der Waals surface area contributed by atoms with E-state index < -0.39 is 5.41 Å². The molecular weight excluding hydrogens is 246 g/mol. The zero-order valence-corrected chi connectivity index (χ0v) is 12.3. The highest BCUT2D eigenvalue weighted by Gasteiger charge is 2.46. The van der Waals surface area contributed by atoms with Crippen molar-refractivity contribution in [1.29, 1.82) is 0 Å². The van der Waals surface area contributed by atoms with Crippen molar-refractivity contribution in [3.05, 3.63) is 0 Å². The summed E-state index contributed by atoms with van der Waals surface area (Å²) in [7, 11) is 1.76. The molecule has 0 radical (unpaired) electrons. The van der Waals surface area contributed by atoms with Gasteiger partial charge in [-0.3, -0.25) is 4.79 Å². The van der Waals surface area contributed by atoms with E-state index in [1.54, 1.807) is 11.9 Å². The van der Waals surface area contributed by atoms with E-state index in [1.807, 2.05) is 0 Å². The molecule has 0 spiro atoms. The smallest absolute Gasteiger partial charge is 0.236 e. The Labute approximate surface area is 114 Å². The van der Waals surface area contributed by atoms with Crippen LogP contribution in [0, 0.1) is 10.8 Å². The first-order chi connectivity index (χ1) is 8.73. The van der Waals surface area contributed by atoms with Gasteiger partial charge in [-0.1, -0.05) is 25.9 Å². The molecule has 0 aromatic heterocycles. The molecular formula is C13H25N3O3. The molecule has 6 nitrogen and oxygen atoms in total. The first-order valence-electron chi connectivity index (χ1n) is 6.54. The molecule has 0 unspecified atom stereocenters. The van der Waals surface area contributed by atoms with E-state index in [0.29, 0.717) is 32.6 Å². The average Bonchev–Trinajstić information content (AvgIpc) is 2.35. The Morgan fingerprint density at radius 3 is 2.37 bits per heavy atom. The summed E-state index contributed by atoms with van der Waals surface area (Å²) in [6, 6.07) is 0. The number of oxime groups is 1. The van der Waals surface area contributed by atoms with Crippen molar-refractivity contribution in [2.24, 2.45) is 21.7 Å². The minimum absolute atomic E-state index is 0.00187. The van der Waals surface area contributed by atoms with Gasteiger partial charge < -0.3 is 20.6 Å². The molecule has 1 amide bonds. The van der Waals surface area contributed by atoms with E-state index in [4.69, 9.17) is 15.7 Å². The van der Waals surface area contributed by atoms with Gasteiger partial charge in [0, 0.05) is 26.8 Å². The summed E-state index contributed by atoms with van der Waals surface area (Å²) in [5, 5.41) is 12.0. The highest BCUT2D eigenvalue weighted by molar-refractivity contribution is 6.06. The summed E-state index contributed by atoms with van der Waals surface area (Å²) < 4.78 is 5.29. The summed E-state index contributed by atoms with van der Waals surface area (Å²) >= 11 is 0. The summed E-state index contributed by atoms with van der Waals surface area (Å²) in [5.74, 6) is -0.109. The van der Waals surface area contributed by atoms with Crippen LogP contribution in [0.3, 0.4) is 0 Å². The highest BCUT2D eigenvalue weighted by Crippen LogP contribution is 2.33. The maximum atomic E-state index is 12.7. The lowest BCUT2D eigenvalue weighted by atomic mass is 9.77. The predicted molar refractivity (Wildman–Crippen MR) is 73.0 cm³/mol. The van der Waals surface area contributed by atoms with Crippen LogP contribution in [0.1, 0.15) is 33.6 Å². The number of carbonyl (C=O) groups is 1. The number of rotatable bonds is 3. The largest absolute Gasteiger partial charge is 0.409 e. The van der Waals surface area contributed by atoms with Gasteiger partial charge in [-0.05, 0) is 18.3 Å². The van der Waals surface area contributed by atoms with Gasteiger partial charge in [0.25, 0.3) is 0 Å². The molecule has 0 aromatic rings. The number of nitrogens with two attached hydrogens (primary N) is 1. The van der Waals surface area contributed by atoms with Gasteiger partial charge in [-0.25, -0.2) is 0 Å². The van der Waals surface area contributed by atoms with Gasteiger partial charge in [-0.2, -0.15) is 0 Å². The Balaban J connectivity index is 2.95. The number of amides is 1. The van der Waals surface area contributed by atoms with E-state index >= 15 is 0 Å². The van der Waals surface area contributed by atoms with Crippen LogP contribution in [0.15, 0.2) is 5.16 Å². The molecule has 1 heterocycles. The first kappa shape index (κ1) is 15.8. The van der Waals surface area contributed by atoms with Crippen LogP contribution in [-0.2, 0) is 9.53 Å². The third kappa shape index (κ3) is 3.59. The van der Waals surface area contributed by atoms with Crippen molar-refractivity contribution < 1.29 is 14.7 Å². The van der Waals surface area contributed by atoms with Crippen LogP contribution in [0.2, 0.25) is 0 Å². The summed E-state index contributed by atoms with van der Waals surface area (Å²) in [6.07, 6.45) is 0.909. The Hall–Kier alpha value is -1.30. The SMILES string of the molecule is CN(CC(C)(C)C)C(=O)C1(C(N)=NO)CCOCC1. The normalized spacial score (nSPS) is 20.1. The van der Waals surface area contributed by atoms with Gasteiger partial charge >= 0.3 is 0 Å². The number of hydrogen-bond acceptors (Lipinski definition) is 4. The molecule has 1 saturated heterocycles. The molecule has 0 aromatic carbocycles. The number of ether oxygens (including phenoxy) is 1. The summed E-state index contributed by atoms with van der Waals surface area (Å²) in [5.41, 5.74) is 4.86. The van der Waals surface area contributed by atoms with E-state index in [1.165, 1.54) is 0 Å². The Morgan fingerprint density at radius 1 is 1.42 bits per heavy atom. The van der Waals surface area contributed by atoms with Crippen molar-refractivity contribution in [3.63, 3.8) is 0 Å². The minimum atomic E-state index is -0.924. The molecule has 0 aliphatic carbocycles. The fourth-order valence-electron chi connectivity index (χ4n) is 2.54. The molecule has 0 bridgehead atoms. The minimum Gasteiger partial charge on any atom is -0.409 e. The molecule has 110 valence electrons. The van der Waals surface area contributed by atoms with Crippen LogP contribution in [0.4, 0.5) is 0 Å². The van der Waals surface area contributed by atoms with Gasteiger partial charge in [0.05, 0.1) is 0 Å². The van der Waals surface area contributed by atoms with Crippen molar-refractivity contribution in [1.82, 2.24) is 4.90 Å². The summed E-state index contributed by atoms with van der Waals surface area (Å²) in [4.78, 5) is 14.4. The fourth-order valence-corrected chi connectivity index (χ4v) is 2.54. The fraction of sp³-hybridized carbons (Fsp3) is 0.846. The maximum Gasteiger partial charge on any atom is 0.236 e. The molecule has 0 saturated carbocycles. The van der Waals surface area contributed by atoms with Crippen molar-refractivity contribution >= 4 is 11.7 Å². The molecule has 1 rings (SSSR count). The maximum absolute atomic E-state index is 12.7. The molecule has 19 heavy (non-hydrogen) atoms. The zero-order valence-electron chi connectivity index (χ0n) is 12.3. The Bertz CT molecular complexity index is 355. The summed E-state index contributed by atoms with van der Waals surface area (Å²) in [6.45, 7) is 7.72. The van der Waals surface area contributed by atoms with Crippen LogP contribution in [0.5, 0.6) is 0 Å². The quantitative estimate of drug-likeness (QED) is 0.347. The second-order valence-corrected chi connectivity index (χ2v) is 6.40. The van der Waals surface area contributed by atoms with Crippen LogP contribution < -0.4 is 5.73 Å². The molecule has 6 heteroatoms. The van der Waals surface area contributed by atoms with Gasteiger partial charge in [0.1, 0.15) is 5.41 Å². The highest BCUT2D eigenvalue weighted by atomic mass is 16.5. The van der Waals surface area contributed by atoms with Crippen LogP contribution in [0.25, 0.3) is 0 Å². The third-order valence-corrected chi connectivity index (χ3v) is 3.41. The lowest BCUT2D eigenvalue weighted by molar-refractivity contribution is -0.142. The van der Waals surface area contributed by atoms with Crippen LogP contribution >= 0.6 is 0 Å². The first-order valence-corrected chi connectivity index (χ1v) is 6.54. The van der Waals surface area contributed by atoms with Gasteiger partial charge in [-0.15, -0.1) is 0 Å². The third-order valence-electron chi connectivity index (χ3n) is 3.41. The lowest BCUT2D eigenvalue weighted by Crippen LogP contribution is -2.54. The lowest BCUT2D eigenvalue weighted by Gasteiger charge is -2.39.